The fourth-order valence-electron chi connectivity index (χ4n) is 5.02. The third kappa shape index (κ3) is 4.44. The summed E-state index contributed by atoms with van der Waals surface area (Å²) in [6.45, 7) is 8.73. The summed E-state index contributed by atoms with van der Waals surface area (Å²) in [4.78, 5) is 25.9. The van der Waals surface area contributed by atoms with Crippen molar-refractivity contribution >= 4 is 61.3 Å². The Morgan fingerprint density at radius 2 is 1.20 bits per heavy atom. The van der Waals surface area contributed by atoms with Crippen LogP contribution >= 0.6 is 0 Å². The van der Waals surface area contributed by atoms with E-state index in [-0.39, 0.29) is 0 Å². The molecule has 0 fully saturated rings. The van der Waals surface area contributed by atoms with Crippen LogP contribution in [0.5, 0.6) is 11.5 Å². The van der Waals surface area contributed by atoms with Crippen LogP contribution < -0.4 is 14.4 Å². The summed E-state index contributed by atoms with van der Waals surface area (Å²) in [6.07, 6.45) is 1.13. The third-order valence-corrected chi connectivity index (χ3v) is 6.88. The van der Waals surface area contributed by atoms with E-state index in [1.807, 2.05) is 24.3 Å². The molecule has 0 unspecified atom stereocenters. The molecule has 0 spiro atoms. The molecule has 0 radical (unpaired) electrons. The first-order valence-corrected chi connectivity index (χ1v) is 12.8. The minimum atomic E-state index is -0.517. The van der Waals surface area contributed by atoms with Crippen molar-refractivity contribution in [2.24, 2.45) is 0 Å². The first-order valence-electron chi connectivity index (χ1n) is 12.8. The summed E-state index contributed by atoms with van der Waals surface area (Å²) in [5.41, 5.74) is 3.03. The molecule has 5 nitrogen and oxygen atoms in total. The minimum Gasteiger partial charge on any atom is -0.423 e. The maximum atomic E-state index is 12.0. The third-order valence-electron chi connectivity index (χ3n) is 6.88. The van der Waals surface area contributed by atoms with Crippen LogP contribution in [0.2, 0.25) is 0 Å². The Bertz CT molecular complexity index is 1900. The zero-order chi connectivity index (χ0) is 27.8. The lowest BCUT2D eigenvalue weighted by atomic mass is 9.93. The van der Waals surface area contributed by atoms with Gasteiger partial charge >= 0.3 is 11.9 Å². The number of ether oxygens (including phenoxy) is 2. The molecule has 6 rings (SSSR count). The summed E-state index contributed by atoms with van der Waals surface area (Å²) < 4.78 is 10.7. The second-order valence-electron chi connectivity index (χ2n) is 9.56. The molecule has 0 aliphatic rings. The molecule has 40 heavy (non-hydrogen) atoms. The number of carbonyl (C=O) groups is 2. The molecule has 194 valence electrons. The van der Waals surface area contributed by atoms with E-state index in [1.54, 1.807) is 31.2 Å². The van der Waals surface area contributed by atoms with Gasteiger partial charge in [0.15, 0.2) is 0 Å². The van der Waals surface area contributed by atoms with Crippen LogP contribution in [-0.2, 0) is 9.59 Å². The molecule has 0 saturated heterocycles. The first-order chi connectivity index (χ1) is 19.4. The number of benzene rings is 6. The Labute approximate surface area is 231 Å². The summed E-state index contributed by atoms with van der Waals surface area (Å²) in [5, 5.41) is 7.07. The summed E-state index contributed by atoms with van der Waals surface area (Å²) >= 11 is 0. The average molecular weight is 524 g/mol. The lowest BCUT2D eigenvalue weighted by Crippen LogP contribution is -2.12. The van der Waals surface area contributed by atoms with E-state index < -0.39 is 11.9 Å². The highest BCUT2D eigenvalue weighted by molar-refractivity contribution is 6.25. The van der Waals surface area contributed by atoms with Gasteiger partial charge in [-0.05, 0) is 88.5 Å². The van der Waals surface area contributed by atoms with E-state index >= 15 is 0 Å². The standard InChI is InChI=1S/C35H25NO4/c1-4-32(37)39-28-16-12-26(13-17-28)36(27-14-18-29(19-15-27)40-35(38)22(2)3)31-21-11-25-9-8-23-6-5-7-24-10-20-30(31)34(25)33(23)24/h4-21H,1-2H2,3H3. The van der Waals surface area contributed by atoms with Crippen molar-refractivity contribution in [3.05, 3.63) is 128 Å². The van der Waals surface area contributed by atoms with Gasteiger partial charge in [-0.1, -0.05) is 61.7 Å². The van der Waals surface area contributed by atoms with Gasteiger partial charge in [-0.2, -0.15) is 0 Å². The zero-order valence-corrected chi connectivity index (χ0v) is 21.9. The maximum Gasteiger partial charge on any atom is 0.338 e. The smallest absolute Gasteiger partial charge is 0.338 e. The van der Waals surface area contributed by atoms with Crippen LogP contribution in [0.1, 0.15) is 6.92 Å². The van der Waals surface area contributed by atoms with Crippen LogP contribution in [-0.4, -0.2) is 11.9 Å². The first kappa shape index (κ1) is 24.9. The Hall–Kier alpha value is -5.42. The Balaban J connectivity index is 1.52. The van der Waals surface area contributed by atoms with Crippen LogP contribution in [0, 0.1) is 0 Å². The predicted octanol–water partition coefficient (Wildman–Crippen LogP) is 8.63. The van der Waals surface area contributed by atoms with Crippen LogP contribution in [0.25, 0.3) is 32.3 Å². The van der Waals surface area contributed by atoms with Gasteiger partial charge in [0.05, 0.1) is 5.69 Å². The van der Waals surface area contributed by atoms with Gasteiger partial charge in [-0.3, -0.25) is 0 Å². The van der Waals surface area contributed by atoms with Gasteiger partial charge in [0.1, 0.15) is 11.5 Å². The molecular formula is C35H25NO4. The zero-order valence-electron chi connectivity index (χ0n) is 21.9. The molecule has 6 aromatic carbocycles. The molecular weight excluding hydrogens is 498 g/mol. The second-order valence-corrected chi connectivity index (χ2v) is 9.56. The number of hydrogen-bond donors (Lipinski definition) is 0. The van der Waals surface area contributed by atoms with Gasteiger partial charge in [0.2, 0.25) is 0 Å². The van der Waals surface area contributed by atoms with Crippen LogP contribution in [0.4, 0.5) is 17.1 Å². The Morgan fingerprint density at radius 3 is 1.77 bits per heavy atom. The largest absolute Gasteiger partial charge is 0.423 e. The molecule has 0 bridgehead atoms. The van der Waals surface area contributed by atoms with E-state index in [4.69, 9.17) is 9.47 Å². The van der Waals surface area contributed by atoms with Gasteiger partial charge in [0.25, 0.3) is 0 Å². The van der Waals surface area contributed by atoms with E-state index in [0.717, 1.165) is 33.9 Å². The van der Waals surface area contributed by atoms with E-state index in [2.05, 4.69) is 72.7 Å². The minimum absolute atomic E-state index is 0.330. The molecule has 0 aliphatic carbocycles. The van der Waals surface area contributed by atoms with Gasteiger partial charge < -0.3 is 14.4 Å². The number of rotatable bonds is 7. The van der Waals surface area contributed by atoms with Crippen molar-refractivity contribution < 1.29 is 19.1 Å². The van der Waals surface area contributed by atoms with Gasteiger partial charge in [0, 0.05) is 28.4 Å². The highest BCUT2D eigenvalue weighted by Gasteiger charge is 2.19. The molecule has 6 aromatic rings. The van der Waals surface area contributed by atoms with Crippen molar-refractivity contribution in [1.29, 1.82) is 0 Å². The predicted molar refractivity (Wildman–Crippen MR) is 161 cm³/mol. The SMILES string of the molecule is C=CC(=O)Oc1ccc(N(c2ccc(OC(=O)C(=C)C)cc2)c2ccc3ccc4cccc5ccc2c3c45)cc1. The monoisotopic (exact) mass is 523 g/mol. The lowest BCUT2D eigenvalue weighted by molar-refractivity contribution is -0.130. The number of esters is 2. The van der Waals surface area contributed by atoms with Gasteiger partial charge in [-0.25, -0.2) is 9.59 Å². The van der Waals surface area contributed by atoms with E-state index in [9.17, 15) is 9.59 Å². The molecule has 0 aromatic heterocycles. The highest BCUT2D eigenvalue weighted by atomic mass is 16.5. The normalized spacial score (nSPS) is 11.0. The molecule has 5 heteroatoms. The van der Waals surface area contributed by atoms with Crippen LogP contribution in [0.3, 0.4) is 0 Å². The summed E-state index contributed by atoms with van der Waals surface area (Å²) in [6, 6.07) is 33.9. The highest BCUT2D eigenvalue weighted by Crippen LogP contribution is 2.44. The molecule has 0 heterocycles. The van der Waals surface area contributed by atoms with Crippen LogP contribution in [0.15, 0.2) is 128 Å². The summed E-state index contributed by atoms with van der Waals surface area (Å²) in [7, 11) is 0. The Kier molecular flexibility index (Phi) is 6.25. The number of hydrogen-bond acceptors (Lipinski definition) is 5. The van der Waals surface area contributed by atoms with Crippen molar-refractivity contribution in [3.8, 4) is 11.5 Å². The van der Waals surface area contributed by atoms with E-state index in [0.29, 0.717) is 17.1 Å². The summed E-state index contributed by atoms with van der Waals surface area (Å²) in [5.74, 6) is -0.137. The van der Waals surface area contributed by atoms with E-state index in [1.165, 1.54) is 21.5 Å². The topological polar surface area (TPSA) is 55.8 Å². The van der Waals surface area contributed by atoms with Crippen molar-refractivity contribution in [3.63, 3.8) is 0 Å². The number of nitrogens with zero attached hydrogens (tertiary/aromatic N) is 1. The number of anilines is 3. The second kappa shape index (κ2) is 10.0. The van der Waals surface area contributed by atoms with Crippen molar-refractivity contribution in [2.45, 2.75) is 6.92 Å². The molecule has 0 aliphatic heterocycles. The average Bonchev–Trinajstić information content (AvgIpc) is 2.98. The van der Waals surface area contributed by atoms with Crippen molar-refractivity contribution in [1.82, 2.24) is 0 Å². The molecule has 0 atom stereocenters. The fraction of sp³-hybridized carbons (Fsp3) is 0.0286. The van der Waals surface area contributed by atoms with Gasteiger partial charge in [-0.15, -0.1) is 0 Å². The fourth-order valence-corrected chi connectivity index (χ4v) is 5.02. The quantitative estimate of drug-likeness (QED) is 0.0907. The lowest BCUT2D eigenvalue weighted by Gasteiger charge is -2.28. The molecule has 0 saturated carbocycles. The Morgan fingerprint density at radius 1 is 0.675 bits per heavy atom. The molecule has 0 N–H and O–H groups in total. The maximum absolute atomic E-state index is 12.0. The molecule has 0 amide bonds. The van der Waals surface area contributed by atoms with Crippen molar-refractivity contribution in [2.75, 3.05) is 4.90 Å². The number of carbonyl (C=O) groups excluding carboxylic acids is 2.